The van der Waals surface area contributed by atoms with Gasteiger partial charge in [0.25, 0.3) is 0 Å². The average Bonchev–Trinajstić information content (AvgIpc) is 2.97. The number of hydrogen-bond acceptors (Lipinski definition) is 12. The highest BCUT2D eigenvalue weighted by molar-refractivity contribution is 5.87. The fraction of sp³-hybridized carbons (Fsp3) is 0.606. The summed E-state index contributed by atoms with van der Waals surface area (Å²) in [5.41, 5.74) is 0.931. The van der Waals surface area contributed by atoms with Crippen LogP contribution in [0.15, 0.2) is 48.8 Å². The zero-order chi connectivity index (χ0) is 33.8. The minimum absolute atomic E-state index is 0.0150. The van der Waals surface area contributed by atoms with Crippen molar-refractivity contribution in [2.45, 2.75) is 103 Å². The lowest BCUT2D eigenvalue weighted by atomic mass is 10.1. The van der Waals surface area contributed by atoms with Crippen LogP contribution in [0.25, 0.3) is 0 Å². The van der Waals surface area contributed by atoms with Gasteiger partial charge in [0, 0.05) is 36.0 Å². The first-order chi connectivity index (χ1) is 21.3. The predicted octanol–water partition coefficient (Wildman–Crippen LogP) is 4.96. The first kappa shape index (κ1) is 39.1. The molecule has 1 aliphatic heterocycles. The number of carbonyl (C=O) groups excluding carboxylic acids is 5. The third kappa shape index (κ3) is 17.8. The summed E-state index contributed by atoms with van der Waals surface area (Å²) < 4.78 is 38.0. The molecule has 3 atom stereocenters. The summed E-state index contributed by atoms with van der Waals surface area (Å²) in [6, 6.07) is 0. The maximum Gasteiger partial charge on any atom is 0.333 e. The fourth-order valence-corrected chi connectivity index (χ4v) is 3.77. The van der Waals surface area contributed by atoms with Gasteiger partial charge in [0.2, 0.25) is 6.29 Å². The van der Waals surface area contributed by atoms with Crippen molar-refractivity contribution < 1.29 is 57.1 Å². The van der Waals surface area contributed by atoms with E-state index in [2.05, 4.69) is 26.3 Å². The Morgan fingerprint density at radius 2 is 1.00 bits per heavy atom. The summed E-state index contributed by atoms with van der Waals surface area (Å²) in [7, 11) is 0. The first-order valence-corrected chi connectivity index (χ1v) is 15.1. The molecular formula is C33H48O12. The summed E-state index contributed by atoms with van der Waals surface area (Å²) in [4.78, 5) is 59.5. The highest BCUT2D eigenvalue weighted by Gasteiger charge is 2.37. The van der Waals surface area contributed by atoms with E-state index in [9.17, 15) is 24.0 Å². The second-order valence-electron chi connectivity index (χ2n) is 10.8. The van der Waals surface area contributed by atoms with Crippen molar-refractivity contribution in [1.82, 2.24) is 0 Å². The van der Waals surface area contributed by atoms with Gasteiger partial charge in [-0.1, -0.05) is 26.3 Å². The number of allylic oxidation sites excluding steroid dienone is 1. The molecule has 252 valence electrons. The monoisotopic (exact) mass is 636 g/mol. The summed E-state index contributed by atoms with van der Waals surface area (Å²) in [6.45, 7) is 19.7. The second kappa shape index (κ2) is 21.7. The molecule has 12 nitrogen and oxygen atoms in total. The van der Waals surface area contributed by atoms with Crippen LogP contribution in [-0.4, -0.2) is 74.8 Å². The van der Waals surface area contributed by atoms with E-state index in [1.165, 1.54) is 0 Å². The number of carbonyl (C=O) groups is 5. The Balaban J connectivity index is 2.60. The van der Waals surface area contributed by atoms with E-state index in [1.54, 1.807) is 20.8 Å². The topological polar surface area (TPSA) is 150 Å². The van der Waals surface area contributed by atoms with Crippen LogP contribution in [0.5, 0.6) is 0 Å². The quantitative estimate of drug-likeness (QED) is 0.0520. The van der Waals surface area contributed by atoms with E-state index in [4.69, 9.17) is 33.2 Å². The molecule has 0 amide bonds. The number of rotatable bonds is 22. The Kier molecular flexibility index (Phi) is 18.9. The van der Waals surface area contributed by atoms with Crippen molar-refractivity contribution in [1.29, 1.82) is 0 Å². The Hall–Kier alpha value is -3.93. The Morgan fingerprint density at radius 1 is 0.578 bits per heavy atom. The molecule has 0 radical (unpaired) electrons. The Bertz CT molecular complexity index is 1080. The van der Waals surface area contributed by atoms with E-state index in [0.29, 0.717) is 67.4 Å². The van der Waals surface area contributed by atoms with Gasteiger partial charge in [0.05, 0.1) is 38.6 Å². The van der Waals surface area contributed by atoms with Crippen molar-refractivity contribution in [3.63, 3.8) is 0 Å². The number of hydrogen-bond donors (Lipinski definition) is 0. The molecular weight excluding hydrogens is 588 g/mol. The summed E-state index contributed by atoms with van der Waals surface area (Å²) in [5, 5.41) is 0. The van der Waals surface area contributed by atoms with Gasteiger partial charge in [-0.25, -0.2) is 14.4 Å². The van der Waals surface area contributed by atoms with Crippen LogP contribution in [0.4, 0.5) is 0 Å². The average molecular weight is 637 g/mol. The molecule has 45 heavy (non-hydrogen) atoms. The van der Waals surface area contributed by atoms with Crippen LogP contribution in [0.1, 0.15) is 85.0 Å². The molecule has 12 heteroatoms. The normalized spacial score (nSPS) is 17.3. The van der Waals surface area contributed by atoms with E-state index in [0.717, 1.165) is 0 Å². The maximum absolute atomic E-state index is 12.7. The minimum Gasteiger partial charge on any atom is -0.489 e. The third-order valence-corrected chi connectivity index (χ3v) is 6.29. The molecule has 1 unspecified atom stereocenters. The summed E-state index contributed by atoms with van der Waals surface area (Å²) in [5.74, 6) is -1.96. The fourth-order valence-electron chi connectivity index (χ4n) is 3.77. The molecule has 0 aromatic carbocycles. The summed E-state index contributed by atoms with van der Waals surface area (Å²) in [6.07, 6.45) is 1.33. The Labute approximate surface area is 265 Å². The van der Waals surface area contributed by atoms with Crippen molar-refractivity contribution >= 4 is 29.8 Å². The van der Waals surface area contributed by atoms with E-state index in [1.807, 2.05) is 0 Å². The van der Waals surface area contributed by atoms with E-state index in [-0.39, 0.29) is 45.7 Å². The van der Waals surface area contributed by atoms with Crippen LogP contribution < -0.4 is 0 Å². The van der Waals surface area contributed by atoms with Crippen molar-refractivity contribution in [3.8, 4) is 0 Å². The molecule has 0 saturated carbocycles. The standard InChI is InChI=1S/C33H48O12/c1-22(2)31(36)39-17-11-8-14-25(7)43-27-21-42-30(45-29(35)16-10-13-19-41-33(38)24(5)6)20-26(27)44-28(34)15-9-12-18-40-32(37)23(3)4/h26-27,30H,1,3,5,7-21H2,2,4,6H3/t26-,27+,30?/m0/s1. The van der Waals surface area contributed by atoms with Crippen molar-refractivity contribution in [2.24, 2.45) is 0 Å². The van der Waals surface area contributed by atoms with Crippen LogP contribution in [-0.2, 0) is 57.1 Å². The van der Waals surface area contributed by atoms with Crippen molar-refractivity contribution in [2.75, 3.05) is 26.4 Å². The molecule has 0 spiro atoms. The van der Waals surface area contributed by atoms with Crippen molar-refractivity contribution in [3.05, 3.63) is 48.8 Å². The summed E-state index contributed by atoms with van der Waals surface area (Å²) >= 11 is 0. The van der Waals surface area contributed by atoms with E-state index < -0.39 is 48.3 Å². The maximum atomic E-state index is 12.7. The first-order valence-electron chi connectivity index (χ1n) is 15.1. The van der Waals surface area contributed by atoms with Gasteiger partial charge in [-0.3, -0.25) is 9.59 Å². The lowest BCUT2D eigenvalue weighted by Gasteiger charge is -2.35. The molecule has 0 aromatic rings. The minimum atomic E-state index is -0.950. The number of unbranched alkanes of at least 4 members (excludes halogenated alkanes) is 3. The molecule has 1 saturated heterocycles. The van der Waals surface area contributed by atoms with Gasteiger partial charge >= 0.3 is 29.8 Å². The Morgan fingerprint density at radius 3 is 1.44 bits per heavy atom. The van der Waals surface area contributed by atoms with E-state index >= 15 is 0 Å². The van der Waals surface area contributed by atoms with Gasteiger partial charge in [0.15, 0.2) is 6.10 Å². The lowest BCUT2D eigenvalue weighted by molar-refractivity contribution is -0.226. The SMILES string of the molecule is C=C(CCCCOC(=O)C(=C)C)O[C@@H]1COC(OC(=O)CCCCOC(=O)C(=C)C)C[C@@H]1OC(=O)CCCCOC(=O)C(=C)C. The van der Waals surface area contributed by atoms with Gasteiger partial charge in [-0.15, -0.1) is 0 Å². The molecule has 1 rings (SSSR count). The van der Waals surface area contributed by atoms with Crippen LogP contribution in [0, 0.1) is 0 Å². The molecule has 0 aromatic heterocycles. The molecule has 0 bridgehead atoms. The van der Waals surface area contributed by atoms with Gasteiger partial charge in [-0.05, 0) is 59.3 Å². The van der Waals surface area contributed by atoms with Crippen LogP contribution in [0.3, 0.4) is 0 Å². The molecule has 0 aliphatic carbocycles. The predicted molar refractivity (Wildman–Crippen MR) is 163 cm³/mol. The van der Waals surface area contributed by atoms with Gasteiger partial charge in [-0.2, -0.15) is 0 Å². The highest BCUT2D eigenvalue weighted by atomic mass is 16.7. The van der Waals surface area contributed by atoms with Gasteiger partial charge in [0.1, 0.15) is 6.10 Å². The molecule has 1 fully saturated rings. The molecule has 1 aliphatic rings. The zero-order valence-corrected chi connectivity index (χ0v) is 26.9. The van der Waals surface area contributed by atoms with Gasteiger partial charge < -0.3 is 33.2 Å². The highest BCUT2D eigenvalue weighted by Crippen LogP contribution is 2.25. The molecule has 0 N–H and O–H groups in total. The van der Waals surface area contributed by atoms with Crippen LogP contribution >= 0.6 is 0 Å². The van der Waals surface area contributed by atoms with Crippen LogP contribution in [0.2, 0.25) is 0 Å². The second-order valence-corrected chi connectivity index (χ2v) is 10.8. The lowest BCUT2D eigenvalue weighted by Crippen LogP contribution is -2.46. The molecule has 1 heterocycles. The third-order valence-electron chi connectivity index (χ3n) is 6.29. The zero-order valence-electron chi connectivity index (χ0n) is 26.9. The number of esters is 5. The number of ether oxygens (including phenoxy) is 7. The smallest absolute Gasteiger partial charge is 0.333 e. The largest absolute Gasteiger partial charge is 0.489 e.